The van der Waals surface area contributed by atoms with Crippen LogP contribution in [0.15, 0.2) is 58.8 Å². The smallest absolute Gasteiger partial charge is 0.150 e. The summed E-state index contributed by atoms with van der Waals surface area (Å²) in [4.78, 5) is 10.8. The van der Waals surface area contributed by atoms with Crippen LogP contribution in [0.3, 0.4) is 0 Å². The lowest BCUT2D eigenvalue weighted by Crippen LogP contribution is -2.08. The lowest BCUT2D eigenvalue weighted by atomic mass is 9.85. The number of furan rings is 1. The van der Waals surface area contributed by atoms with E-state index in [0.717, 1.165) is 40.7 Å². The lowest BCUT2D eigenvalue weighted by molar-refractivity contribution is -0.104. The second-order valence-electron chi connectivity index (χ2n) is 7.12. The SMILES string of the molecule is C\C(=C/C=C(C=O)\C=C\F)c1cc2cc(CC3CCCCC3)ccc2o1. The second-order valence-corrected chi connectivity index (χ2v) is 7.12. The monoisotopic (exact) mass is 352 g/mol. The van der Waals surface area contributed by atoms with Gasteiger partial charge in [0.25, 0.3) is 0 Å². The molecule has 136 valence electrons. The van der Waals surface area contributed by atoms with Crippen LogP contribution in [-0.2, 0) is 11.2 Å². The minimum absolute atomic E-state index is 0.276. The van der Waals surface area contributed by atoms with Crippen molar-refractivity contribution in [2.24, 2.45) is 5.92 Å². The Morgan fingerprint density at radius 1 is 1.19 bits per heavy atom. The molecule has 0 amide bonds. The summed E-state index contributed by atoms with van der Waals surface area (Å²) in [7, 11) is 0. The van der Waals surface area contributed by atoms with E-state index in [1.54, 1.807) is 12.2 Å². The van der Waals surface area contributed by atoms with Crippen LogP contribution in [0.4, 0.5) is 4.39 Å². The van der Waals surface area contributed by atoms with Crippen LogP contribution < -0.4 is 0 Å². The predicted octanol–water partition coefficient (Wildman–Crippen LogP) is 6.57. The van der Waals surface area contributed by atoms with E-state index in [2.05, 4.69) is 12.1 Å². The van der Waals surface area contributed by atoms with Crippen molar-refractivity contribution in [2.75, 3.05) is 0 Å². The first kappa shape index (κ1) is 18.4. The minimum atomic E-state index is 0.276. The predicted molar refractivity (Wildman–Crippen MR) is 105 cm³/mol. The van der Waals surface area contributed by atoms with Gasteiger partial charge < -0.3 is 4.42 Å². The van der Waals surface area contributed by atoms with Crippen LogP contribution in [0.25, 0.3) is 16.5 Å². The summed E-state index contributed by atoms with van der Waals surface area (Å²) in [5.74, 6) is 1.57. The van der Waals surface area contributed by atoms with E-state index in [-0.39, 0.29) is 5.57 Å². The van der Waals surface area contributed by atoms with Gasteiger partial charge in [0.15, 0.2) is 0 Å². The molecule has 3 heteroatoms. The van der Waals surface area contributed by atoms with Crippen molar-refractivity contribution in [1.82, 2.24) is 0 Å². The van der Waals surface area contributed by atoms with Gasteiger partial charge in [-0.1, -0.05) is 50.3 Å². The first-order valence-electron chi connectivity index (χ1n) is 9.33. The van der Waals surface area contributed by atoms with E-state index in [4.69, 9.17) is 4.42 Å². The molecule has 0 N–H and O–H groups in total. The number of fused-ring (bicyclic) bond motifs is 1. The Kier molecular flexibility index (Phi) is 6.21. The zero-order chi connectivity index (χ0) is 18.4. The number of carbonyl (C=O) groups excluding carboxylic acids is 1. The maximum absolute atomic E-state index is 12.2. The Bertz CT molecular complexity index is 848. The average Bonchev–Trinajstić information content (AvgIpc) is 3.09. The molecule has 1 aliphatic carbocycles. The van der Waals surface area contributed by atoms with Gasteiger partial charge >= 0.3 is 0 Å². The van der Waals surface area contributed by atoms with E-state index in [1.807, 2.05) is 19.1 Å². The van der Waals surface area contributed by atoms with Gasteiger partial charge in [-0.05, 0) is 54.7 Å². The third-order valence-corrected chi connectivity index (χ3v) is 5.14. The second kappa shape index (κ2) is 8.79. The third-order valence-electron chi connectivity index (χ3n) is 5.14. The summed E-state index contributed by atoms with van der Waals surface area (Å²) in [6.45, 7) is 1.92. The van der Waals surface area contributed by atoms with Crippen molar-refractivity contribution in [3.63, 3.8) is 0 Å². The van der Waals surface area contributed by atoms with Gasteiger partial charge in [0, 0.05) is 11.0 Å². The highest BCUT2D eigenvalue weighted by atomic mass is 19.1. The number of halogens is 1. The van der Waals surface area contributed by atoms with Crippen LogP contribution in [0.2, 0.25) is 0 Å². The van der Waals surface area contributed by atoms with Crippen molar-refractivity contribution in [3.05, 3.63) is 65.7 Å². The first-order chi connectivity index (χ1) is 12.7. The zero-order valence-electron chi connectivity index (χ0n) is 15.2. The molecule has 1 heterocycles. The Labute approximate surface area is 154 Å². The van der Waals surface area contributed by atoms with Crippen molar-refractivity contribution in [3.8, 4) is 0 Å². The van der Waals surface area contributed by atoms with E-state index >= 15 is 0 Å². The Hall–Kier alpha value is -2.42. The summed E-state index contributed by atoms with van der Waals surface area (Å²) in [6.07, 6.45) is 13.4. The molecule has 0 aliphatic heterocycles. The zero-order valence-corrected chi connectivity index (χ0v) is 15.2. The Balaban J connectivity index is 1.79. The molecule has 2 nitrogen and oxygen atoms in total. The fraction of sp³-hybridized carbons (Fsp3) is 0.348. The molecular formula is C23H25FO2. The molecule has 1 aliphatic rings. The molecule has 0 atom stereocenters. The average molecular weight is 352 g/mol. The van der Waals surface area contributed by atoms with Gasteiger partial charge in [-0.25, -0.2) is 4.39 Å². The molecular weight excluding hydrogens is 327 g/mol. The van der Waals surface area contributed by atoms with Crippen molar-refractivity contribution < 1.29 is 13.6 Å². The molecule has 0 saturated heterocycles. The summed E-state index contributed by atoms with van der Waals surface area (Å²) in [5, 5.41) is 1.10. The van der Waals surface area contributed by atoms with Gasteiger partial charge in [-0.3, -0.25) is 4.79 Å². The number of rotatable bonds is 6. The molecule has 2 aromatic rings. The molecule has 1 saturated carbocycles. The number of hydrogen-bond acceptors (Lipinski definition) is 2. The molecule has 0 bridgehead atoms. The minimum Gasteiger partial charge on any atom is -0.456 e. The van der Waals surface area contributed by atoms with Gasteiger partial charge in [0.1, 0.15) is 17.6 Å². The molecule has 0 spiro atoms. The van der Waals surface area contributed by atoms with E-state index in [9.17, 15) is 9.18 Å². The highest BCUT2D eigenvalue weighted by molar-refractivity contribution is 5.83. The van der Waals surface area contributed by atoms with Crippen LogP contribution in [0.1, 0.15) is 50.4 Å². The number of carbonyl (C=O) groups is 1. The summed E-state index contributed by atoms with van der Waals surface area (Å²) in [6, 6.07) is 8.47. The number of benzene rings is 1. The van der Waals surface area contributed by atoms with Crippen molar-refractivity contribution in [2.45, 2.75) is 45.4 Å². The lowest BCUT2D eigenvalue weighted by Gasteiger charge is -2.21. The molecule has 0 radical (unpaired) electrons. The van der Waals surface area contributed by atoms with E-state index in [0.29, 0.717) is 12.6 Å². The van der Waals surface area contributed by atoms with Crippen LogP contribution in [0, 0.1) is 5.92 Å². The van der Waals surface area contributed by atoms with Crippen molar-refractivity contribution in [1.29, 1.82) is 0 Å². The summed E-state index contributed by atoms with van der Waals surface area (Å²) >= 11 is 0. The molecule has 1 aromatic carbocycles. The normalized spacial score (nSPS) is 17.3. The maximum Gasteiger partial charge on any atom is 0.150 e. The van der Waals surface area contributed by atoms with E-state index < -0.39 is 0 Å². The summed E-state index contributed by atoms with van der Waals surface area (Å²) < 4.78 is 18.1. The fourth-order valence-electron chi connectivity index (χ4n) is 3.65. The third kappa shape index (κ3) is 4.60. The van der Waals surface area contributed by atoms with Crippen molar-refractivity contribution >= 4 is 22.8 Å². The largest absolute Gasteiger partial charge is 0.456 e. The topological polar surface area (TPSA) is 30.2 Å². The number of aldehydes is 1. The van der Waals surface area contributed by atoms with Gasteiger partial charge in [0.2, 0.25) is 0 Å². The Morgan fingerprint density at radius 3 is 2.73 bits per heavy atom. The molecule has 3 rings (SSSR count). The van der Waals surface area contributed by atoms with Crippen LogP contribution >= 0.6 is 0 Å². The highest BCUT2D eigenvalue weighted by Gasteiger charge is 2.14. The first-order valence-corrected chi connectivity index (χ1v) is 9.33. The number of allylic oxidation sites excluding steroid dienone is 5. The Morgan fingerprint density at radius 2 is 2.00 bits per heavy atom. The van der Waals surface area contributed by atoms with Crippen LogP contribution in [0.5, 0.6) is 0 Å². The van der Waals surface area contributed by atoms with Gasteiger partial charge in [-0.15, -0.1) is 0 Å². The molecule has 1 fully saturated rings. The standard InChI is InChI=1S/C23H25FO2/c1-17(7-8-19(16-25)11-12-24)23-15-21-14-20(9-10-22(21)26-23)13-18-5-3-2-4-6-18/h7-12,14-16,18H,2-6,13H2,1H3/b12-11+,17-7+,19-8+. The highest BCUT2D eigenvalue weighted by Crippen LogP contribution is 2.30. The molecule has 0 unspecified atom stereocenters. The molecule has 26 heavy (non-hydrogen) atoms. The van der Waals surface area contributed by atoms with Gasteiger partial charge in [-0.2, -0.15) is 0 Å². The van der Waals surface area contributed by atoms with Crippen LogP contribution in [-0.4, -0.2) is 6.29 Å². The number of hydrogen-bond donors (Lipinski definition) is 0. The van der Waals surface area contributed by atoms with Gasteiger partial charge in [0.05, 0.1) is 6.33 Å². The molecule has 1 aromatic heterocycles. The summed E-state index contributed by atoms with van der Waals surface area (Å²) in [5.41, 5.74) is 3.40. The quantitative estimate of drug-likeness (QED) is 0.334. The maximum atomic E-state index is 12.2. The van der Waals surface area contributed by atoms with E-state index in [1.165, 1.54) is 37.7 Å². The fourth-order valence-corrected chi connectivity index (χ4v) is 3.65.